The monoisotopic (exact) mass is 362 g/mol. The molecular formula is C24H18N4. The molecule has 0 atom stereocenters. The van der Waals surface area contributed by atoms with Crippen molar-refractivity contribution in [3.05, 3.63) is 84.5 Å². The molecule has 0 fully saturated rings. The highest BCUT2D eigenvalue weighted by Gasteiger charge is 2.04. The second-order valence-corrected chi connectivity index (χ2v) is 6.64. The molecule has 2 aliphatic rings. The highest BCUT2D eigenvalue weighted by atomic mass is 15.0. The Morgan fingerprint density at radius 1 is 0.536 bits per heavy atom. The molecule has 0 aromatic carbocycles. The van der Waals surface area contributed by atoms with Gasteiger partial charge in [-0.25, -0.2) is 9.97 Å². The molecule has 3 aromatic heterocycles. The lowest BCUT2D eigenvalue weighted by atomic mass is 10.3. The summed E-state index contributed by atoms with van der Waals surface area (Å²) in [6.45, 7) is 7.92. The third-order valence-corrected chi connectivity index (χ3v) is 4.88. The van der Waals surface area contributed by atoms with Gasteiger partial charge in [0.25, 0.3) is 0 Å². The summed E-state index contributed by atoms with van der Waals surface area (Å²) in [5.74, 6) is 0. The standard InChI is InChI=1S/C24H18N4/c1-3-27-21-9-10-22(27)14-18-6-8-20(26-18)16-24-12-11-23(28(24)4-2)15-19-7-5-17(13-21)25-19/h3-16H,1-2H2. The predicted molar refractivity (Wildman–Crippen MR) is 119 cm³/mol. The molecule has 134 valence electrons. The number of rotatable bonds is 2. The Labute approximate surface area is 162 Å². The van der Waals surface area contributed by atoms with Gasteiger partial charge in [-0.15, -0.1) is 0 Å². The van der Waals surface area contributed by atoms with Gasteiger partial charge in [0.15, 0.2) is 0 Å². The second kappa shape index (κ2) is 6.35. The van der Waals surface area contributed by atoms with Gasteiger partial charge in [-0.1, -0.05) is 13.2 Å². The fraction of sp³-hybridized carbons (Fsp3) is 0. The Morgan fingerprint density at radius 2 is 0.821 bits per heavy atom. The van der Waals surface area contributed by atoms with Crippen LogP contribution in [0.3, 0.4) is 0 Å². The summed E-state index contributed by atoms with van der Waals surface area (Å²) >= 11 is 0. The van der Waals surface area contributed by atoms with E-state index in [1.54, 1.807) is 0 Å². The van der Waals surface area contributed by atoms with Crippen LogP contribution in [0.2, 0.25) is 0 Å². The molecule has 0 saturated carbocycles. The minimum atomic E-state index is 0.906. The second-order valence-electron chi connectivity index (χ2n) is 6.64. The van der Waals surface area contributed by atoms with Crippen LogP contribution < -0.4 is 0 Å². The first-order valence-corrected chi connectivity index (χ1v) is 9.07. The van der Waals surface area contributed by atoms with E-state index in [0.717, 1.165) is 44.8 Å². The minimum absolute atomic E-state index is 0.906. The lowest BCUT2D eigenvalue weighted by Crippen LogP contribution is -1.86. The smallest absolute Gasteiger partial charge is 0.0658 e. The topological polar surface area (TPSA) is 35.6 Å². The van der Waals surface area contributed by atoms with Crippen molar-refractivity contribution in [2.45, 2.75) is 0 Å². The molecule has 5 heterocycles. The van der Waals surface area contributed by atoms with E-state index in [2.05, 4.69) is 61.7 Å². The van der Waals surface area contributed by atoms with Gasteiger partial charge in [0.1, 0.15) is 0 Å². The molecule has 2 aliphatic heterocycles. The first kappa shape index (κ1) is 16.3. The van der Waals surface area contributed by atoms with Crippen LogP contribution in [0.15, 0.2) is 61.7 Å². The Bertz CT molecular complexity index is 1150. The first-order valence-electron chi connectivity index (χ1n) is 9.07. The maximum atomic E-state index is 4.73. The molecule has 0 N–H and O–H groups in total. The van der Waals surface area contributed by atoms with Crippen LogP contribution >= 0.6 is 0 Å². The molecule has 4 nitrogen and oxygen atoms in total. The summed E-state index contributed by atoms with van der Waals surface area (Å²) in [7, 11) is 0. The van der Waals surface area contributed by atoms with Crippen molar-refractivity contribution in [1.29, 1.82) is 0 Å². The predicted octanol–water partition coefficient (Wildman–Crippen LogP) is 5.80. The zero-order valence-corrected chi connectivity index (χ0v) is 15.3. The molecule has 4 heteroatoms. The van der Waals surface area contributed by atoms with E-state index in [1.807, 2.05) is 45.8 Å². The summed E-state index contributed by atoms with van der Waals surface area (Å²) in [4.78, 5) is 9.46. The van der Waals surface area contributed by atoms with Crippen LogP contribution in [0.4, 0.5) is 0 Å². The Hall–Kier alpha value is -3.92. The highest BCUT2D eigenvalue weighted by molar-refractivity contribution is 5.79. The number of hydrogen-bond acceptors (Lipinski definition) is 2. The van der Waals surface area contributed by atoms with Gasteiger partial charge in [-0.3, -0.25) is 0 Å². The molecule has 0 saturated heterocycles. The molecule has 28 heavy (non-hydrogen) atoms. The molecule has 3 aromatic rings. The largest absolute Gasteiger partial charge is 0.318 e. The van der Waals surface area contributed by atoms with Crippen LogP contribution in [0.5, 0.6) is 0 Å². The van der Waals surface area contributed by atoms with Gasteiger partial charge in [0, 0.05) is 34.5 Å². The first-order chi connectivity index (χ1) is 13.7. The zero-order valence-electron chi connectivity index (χ0n) is 15.3. The molecule has 0 amide bonds. The van der Waals surface area contributed by atoms with E-state index in [9.17, 15) is 0 Å². The average molecular weight is 362 g/mol. The molecule has 0 unspecified atom stereocenters. The van der Waals surface area contributed by atoms with Gasteiger partial charge >= 0.3 is 0 Å². The Morgan fingerprint density at radius 3 is 1.07 bits per heavy atom. The third-order valence-electron chi connectivity index (χ3n) is 4.88. The number of fused-ring (bicyclic) bond motifs is 8. The van der Waals surface area contributed by atoms with Crippen LogP contribution in [0.25, 0.3) is 58.8 Å². The van der Waals surface area contributed by atoms with Gasteiger partial charge in [-0.2, -0.15) is 0 Å². The molecule has 5 rings (SSSR count). The number of hydrogen-bond donors (Lipinski definition) is 0. The quantitative estimate of drug-likeness (QED) is 0.398. The SMILES string of the molecule is C=Cn1c2ccc1cc1nc(cc3ccc(cc4nc(c2)C=C4)n3C=C)C=C1. The number of nitrogens with zero attached hydrogens (tertiary/aromatic N) is 4. The lowest BCUT2D eigenvalue weighted by molar-refractivity contribution is 1.25. The van der Waals surface area contributed by atoms with Crippen LogP contribution in [0.1, 0.15) is 22.8 Å². The number of aromatic nitrogens is 4. The summed E-state index contributed by atoms with van der Waals surface area (Å²) in [6.07, 6.45) is 11.7. The van der Waals surface area contributed by atoms with E-state index in [4.69, 9.17) is 9.97 Å². The van der Waals surface area contributed by atoms with Crippen molar-refractivity contribution in [1.82, 2.24) is 19.1 Å². The van der Waals surface area contributed by atoms with E-state index in [0.29, 0.717) is 0 Å². The molecule has 8 bridgehead atoms. The van der Waals surface area contributed by atoms with Crippen LogP contribution in [-0.2, 0) is 0 Å². The van der Waals surface area contributed by atoms with E-state index >= 15 is 0 Å². The van der Waals surface area contributed by atoms with Crippen molar-refractivity contribution < 1.29 is 0 Å². The van der Waals surface area contributed by atoms with Gasteiger partial charge in [0.2, 0.25) is 0 Å². The Balaban J connectivity index is 1.92. The van der Waals surface area contributed by atoms with E-state index in [1.165, 1.54) is 0 Å². The van der Waals surface area contributed by atoms with Gasteiger partial charge in [-0.05, 0) is 72.8 Å². The van der Waals surface area contributed by atoms with E-state index < -0.39 is 0 Å². The molecule has 0 radical (unpaired) electrons. The molecular weight excluding hydrogens is 344 g/mol. The van der Waals surface area contributed by atoms with Gasteiger partial charge in [0.05, 0.1) is 22.8 Å². The maximum absolute atomic E-state index is 4.73. The van der Waals surface area contributed by atoms with Crippen molar-refractivity contribution in [2.24, 2.45) is 0 Å². The van der Waals surface area contributed by atoms with Crippen LogP contribution in [-0.4, -0.2) is 19.1 Å². The summed E-state index contributed by atoms with van der Waals surface area (Å²) in [5, 5.41) is 0. The molecule has 0 spiro atoms. The minimum Gasteiger partial charge on any atom is -0.318 e. The third kappa shape index (κ3) is 2.72. The van der Waals surface area contributed by atoms with Crippen molar-refractivity contribution in [3.63, 3.8) is 0 Å². The van der Waals surface area contributed by atoms with Gasteiger partial charge < -0.3 is 9.13 Å². The summed E-state index contributed by atoms with van der Waals surface area (Å²) in [6, 6.07) is 16.5. The zero-order chi connectivity index (χ0) is 19.1. The van der Waals surface area contributed by atoms with E-state index in [-0.39, 0.29) is 0 Å². The van der Waals surface area contributed by atoms with Crippen molar-refractivity contribution in [2.75, 3.05) is 0 Å². The van der Waals surface area contributed by atoms with Crippen LogP contribution in [0, 0.1) is 0 Å². The van der Waals surface area contributed by atoms with Crippen molar-refractivity contribution >= 4 is 58.8 Å². The van der Waals surface area contributed by atoms with Crippen molar-refractivity contribution in [3.8, 4) is 0 Å². The highest BCUT2D eigenvalue weighted by Crippen LogP contribution is 2.20. The Kier molecular flexibility index (Phi) is 3.69. The maximum Gasteiger partial charge on any atom is 0.0658 e. The summed E-state index contributed by atoms with van der Waals surface area (Å²) in [5.41, 5.74) is 7.71. The summed E-state index contributed by atoms with van der Waals surface area (Å²) < 4.78 is 4.08. The molecule has 0 aliphatic carbocycles. The average Bonchev–Trinajstić information content (AvgIpc) is 3.46. The fourth-order valence-corrected chi connectivity index (χ4v) is 3.57. The fourth-order valence-electron chi connectivity index (χ4n) is 3.57. The lowest BCUT2D eigenvalue weighted by Gasteiger charge is -1.98. The normalized spacial score (nSPS) is 12.3.